The van der Waals surface area contributed by atoms with Gasteiger partial charge in [-0.05, 0) is 142 Å². The van der Waals surface area contributed by atoms with Gasteiger partial charge in [0.15, 0.2) is 11.6 Å². The molecule has 2 aromatic carbocycles. The number of rotatable bonds is 16. The van der Waals surface area contributed by atoms with Crippen molar-refractivity contribution in [1.82, 2.24) is 29.3 Å². The van der Waals surface area contributed by atoms with Crippen molar-refractivity contribution < 1.29 is 28.9 Å². The highest BCUT2D eigenvalue weighted by Crippen LogP contribution is 2.38. The molecule has 0 spiro atoms. The molecule has 14 nitrogen and oxygen atoms in total. The maximum Gasteiger partial charge on any atom is 0.255 e. The second-order valence-corrected chi connectivity index (χ2v) is 19.3. The molecule has 4 aromatic heterocycles. The van der Waals surface area contributed by atoms with Gasteiger partial charge in [0, 0.05) is 87.2 Å². The highest BCUT2D eigenvalue weighted by atomic mass is 16.6. The minimum atomic E-state index is -0.199. The van der Waals surface area contributed by atoms with Crippen LogP contribution in [0.5, 0.6) is 11.5 Å². The number of hydrogen-bond acceptors (Lipinski definition) is 10. The second kappa shape index (κ2) is 23.9. The van der Waals surface area contributed by atoms with Gasteiger partial charge >= 0.3 is 0 Å². The van der Waals surface area contributed by atoms with Crippen LogP contribution in [0.15, 0.2) is 70.3 Å². The maximum absolute atomic E-state index is 13.6. The first-order chi connectivity index (χ1) is 33.8. The Hall–Kier alpha value is -5.80. The van der Waals surface area contributed by atoms with E-state index in [-0.39, 0.29) is 48.2 Å². The minimum absolute atomic E-state index is 0.0458. The van der Waals surface area contributed by atoms with Gasteiger partial charge in [0.05, 0.1) is 45.2 Å². The van der Waals surface area contributed by atoms with Crippen LogP contribution in [0.4, 0.5) is 0 Å². The number of benzene rings is 2. The number of piperidine rings is 2. The number of Topliss-reactive ketones (excluding diaryl/α,β-unsaturated/α-hetero) is 2. The molecule has 14 heteroatoms. The van der Waals surface area contributed by atoms with Crippen LogP contribution in [0.3, 0.4) is 0 Å². The number of carbonyl (C=O) groups excluding carboxylic acids is 2. The molecule has 3 aliphatic heterocycles. The molecule has 0 aliphatic carbocycles. The lowest BCUT2D eigenvalue weighted by Crippen LogP contribution is -2.37. The van der Waals surface area contributed by atoms with Crippen molar-refractivity contribution in [3.05, 3.63) is 126 Å². The fourth-order valence-corrected chi connectivity index (χ4v) is 11.0. The summed E-state index contributed by atoms with van der Waals surface area (Å²) in [6.07, 6.45) is 5.62. The molecule has 376 valence electrons. The molecule has 3 aliphatic rings. The number of pyridine rings is 2. The maximum atomic E-state index is 13.6. The lowest BCUT2D eigenvalue weighted by Gasteiger charge is -2.35. The molecule has 70 heavy (non-hydrogen) atoms. The van der Waals surface area contributed by atoms with Gasteiger partial charge in [-0.25, -0.2) is 0 Å². The van der Waals surface area contributed by atoms with Crippen molar-refractivity contribution in [3.8, 4) is 11.5 Å². The first-order valence-electron chi connectivity index (χ1n) is 25.2. The fraction of sp³-hybridized carbons (Fsp3) is 0.500. The van der Waals surface area contributed by atoms with E-state index in [4.69, 9.17) is 9.47 Å². The third-order valence-corrected chi connectivity index (χ3v) is 14.8. The zero-order valence-electron chi connectivity index (χ0n) is 42.5. The molecular weight excluding hydrogens is 885 g/mol. The van der Waals surface area contributed by atoms with Crippen molar-refractivity contribution in [2.45, 2.75) is 105 Å². The Kier molecular flexibility index (Phi) is 17.7. The zero-order chi connectivity index (χ0) is 50.1. The number of aliphatic hydroxyl groups excluding tert-OH is 1. The Morgan fingerprint density at radius 2 is 1.10 bits per heavy atom. The van der Waals surface area contributed by atoms with E-state index in [1.807, 2.05) is 57.2 Å². The van der Waals surface area contributed by atoms with Crippen LogP contribution in [-0.2, 0) is 17.6 Å². The number of likely N-dealkylation sites (tertiary alicyclic amines) is 1. The van der Waals surface area contributed by atoms with Crippen molar-refractivity contribution in [1.29, 1.82) is 0 Å². The van der Waals surface area contributed by atoms with Gasteiger partial charge in [-0.15, -0.1) is 0 Å². The van der Waals surface area contributed by atoms with Crippen LogP contribution in [0, 0.1) is 39.5 Å². The monoisotopic (exact) mass is 959 g/mol. The average molecular weight is 959 g/mol. The molecule has 7 heterocycles. The number of para-hydroxylation sites is 2. The summed E-state index contributed by atoms with van der Waals surface area (Å²) in [6.45, 7) is 19.3. The van der Waals surface area contributed by atoms with Crippen LogP contribution in [0.2, 0.25) is 0 Å². The van der Waals surface area contributed by atoms with Gasteiger partial charge in [0.25, 0.3) is 11.1 Å². The van der Waals surface area contributed by atoms with Crippen LogP contribution in [-0.4, -0.2) is 107 Å². The fourth-order valence-electron chi connectivity index (χ4n) is 11.0. The molecule has 3 saturated heterocycles. The number of β-amino-alcohol motifs (C(OH)–C–C–N with tert-alkyl or cyclic N) is 1. The third kappa shape index (κ3) is 11.9. The number of ether oxygens (including phenoxy) is 3. The molecule has 6 aromatic rings. The Morgan fingerprint density at radius 1 is 0.686 bits per heavy atom. The summed E-state index contributed by atoms with van der Waals surface area (Å²) in [5.74, 6) is 2.28. The van der Waals surface area contributed by atoms with Gasteiger partial charge in [-0.3, -0.25) is 19.2 Å². The van der Waals surface area contributed by atoms with Gasteiger partial charge in [-0.2, -0.15) is 0 Å². The van der Waals surface area contributed by atoms with E-state index in [1.165, 1.54) is 0 Å². The van der Waals surface area contributed by atoms with Crippen molar-refractivity contribution in [2.75, 3.05) is 66.8 Å². The Labute approximate surface area is 411 Å². The smallest absolute Gasteiger partial charge is 0.255 e. The van der Waals surface area contributed by atoms with E-state index < -0.39 is 0 Å². The van der Waals surface area contributed by atoms with Crippen LogP contribution >= 0.6 is 0 Å². The number of ketones is 2. The molecule has 9 rings (SSSR count). The number of fused-ring (bicyclic) bond motifs is 2. The Morgan fingerprint density at radius 3 is 1.50 bits per heavy atom. The van der Waals surface area contributed by atoms with Gasteiger partial charge in [0.1, 0.15) is 11.5 Å². The quantitative estimate of drug-likeness (QED) is 0.0545. The first kappa shape index (κ1) is 52.0. The number of methoxy groups -OCH3 is 2. The largest absolute Gasteiger partial charge is 0.496 e. The van der Waals surface area contributed by atoms with Crippen LogP contribution in [0.25, 0.3) is 21.8 Å². The zero-order valence-corrected chi connectivity index (χ0v) is 42.5. The van der Waals surface area contributed by atoms with E-state index in [9.17, 15) is 24.3 Å². The number of hydrogen-bond donors (Lipinski definition) is 4. The summed E-state index contributed by atoms with van der Waals surface area (Å²) >= 11 is 0. The lowest BCUT2D eigenvalue weighted by atomic mass is 9.90. The number of aromatic amines is 2. The molecule has 2 unspecified atom stereocenters. The number of aliphatic hydroxyl groups is 1. The number of carbonyl (C=O) groups is 2. The number of aryl methyl sites for hydroxylation is 2. The second-order valence-electron chi connectivity index (χ2n) is 19.3. The summed E-state index contributed by atoms with van der Waals surface area (Å²) in [4.78, 5) is 60.0. The highest BCUT2D eigenvalue weighted by molar-refractivity contribution is 6.10. The molecule has 4 N–H and O–H groups in total. The van der Waals surface area contributed by atoms with Crippen LogP contribution < -0.4 is 25.9 Å². The molecule has 0 bridgehead atoms. The van der Waals surface area contributed by atoms with Crippen molar-refractivity contribution in [2.24, 2.45) is 11.8 Å². The van der Waals surface area contributed by atoms with E-state index >= 15 is 0 Å². The molecule has 0 radical (unpaired) electrons. The first-order valence-corrected chi connectivity index (χ1v) is 25.2. The third-order valence-electron chi connectivity index (χ3n) is 14.8. The molecule has 0 saturated carbocycles. The topological polar surface area (TPSA) is 176 Å². The van der Waals surface area contributed by atoms with Crippen LogP contribution in [0.1, 0.15) is 119 Å². The predicted octanol–water partition coefficient (Wildman–Crippen LogP) is 8.38. The molecule has 3 fully saturated rings. The van der Waals surface area contributed by atoms with Crippen molar-refractivity contribution in [3.63, 3.8) is 0 Å². The molecular formula is C56H74N6O8. The lowest BCUT2D eigenvalue weighted by molar-refractivity contribution is 0.0974. The highest BCUT2D eigenvalue weighted by Gasteiger charge is 2.30. The summed E-state index contributed by atoms with van der Waals surface area (Å²) < 4.78 is 20.0. The van der Waals surface area contributed by atoms with E-state index in [0.717, 1.165) is 127 Å². The SMILES string of the molecule is C1CO1.COc1cc(C)[nH]c(=O)c1CCC(=O)c1c(C)n(C(C)C2CCN(CCO)CC2)c2ccccc12.COc1cc(C)[nH]c(=O)c1CCC(=O)c1c(C)n(C(C)C2CCNCC2)c2ccccc12. The normalized spacial score (nSPS) is 16.2. The minimum Gasteiger partial charge on any atom is -0.496 e. The summed E-state index contributed by atoms with van der Waals surface area (Å²) in [5.41, 5.74) is 7.88. The average Bonchev–Trinajstić information content (AvgIpc) is 4.18. The van der Waals surface area contributed by atoms with Crippen molar-refractivity contribution >= 4 is 33.4 Å². The van der Waals surface area contributed by atoms with Gasteiger partial charge in [0.2, 0.25) is 0 Å². The predicted molar refractivity (Wildman–Crippen MR) is 277 cm³/mol. The molecule has 2 atom stereocenters. The summed E-state index contributed by atoms with van der Waals surface area (Å²) in [6, 6.07) is 20.5. The van der Waals surface area contributed by atoms with E-state index in [1.54, 1.807) is 26.4 Å². The summed E-state index contributed by atoms with van der Waals surface area (Å²) in [7, 11) is 3.10. The van der Waals surface area contributed by atoms with Gasteiger partial charge < -0.3 is 48.6 Å². The number of H-pyrrole nitrogens is 2. The molecule has 0 amide bonds. The Bertz CT molecular complexity index is 2870. The standard InChI is InChI=1S/C28H37N3O4.C26H33N3O3.C2H4O/c1-18-17-26(35-4)23(28(34)29-18)9-10-25(33)27-20(3)31(24-8-6-5-7-22(24)27)19(2)21-11-13-30(14-12-21)15-16-32;1-16-15-24(32-4)21(26(31)28-16)9-10-23(30)25-18(3)29(22-8-6-5-7-20(22)25)17(2)19-11-13-27-14-12-19;1-2-3-1/h5-8,17,19,21,32H,9-16H2,1-4H3,(H,29,34);5-8,15,17,19,27H,9-14H2,1-4H3,(H,28,31);1-2H2. The number of aromatic nitrogens is 4. The number of nitrogens with one attached hydrogen (secondary N) is 3. The Balaban J connectivity index is 0.000000195. The van der Waals surface area contributed by atoms with E-state index in [0.29, 0.717) is 53.3 Å². The van der Waals surface area contributed by atoms with Gasteiger partial charge in [-0.1, -0.05) is 36.4 Å². The summed E-state index contributed by atoms with van der Waals surface area (Å²) in [5, 5.41) is 14.7. The number of nitrogens with zero attached hydrogens (tertiary/aromatic N) is 3. The number of epoxide rings is 1. The van der Waals surface area contributed by atoms with E-state index in [2.05, 4.69) is 67.0 Å².